The number of benzene rings is 6. The van der Waals surface area contributed by atoms with Gasteiger partial charge in [-0.3, -0.25) is 0 Å². The highest BCUT2D eigenvalue weighted by atomic mass is 15.1. The van der Waals surface area contributed by atoms with Gasteiger partial charge >= 0.3 is 0 Å². The van der Waals surface area contributed by atoms with Gasteiger partial charge in [-0.1, -0.05) is 122 Å². The molecule has 0 aliphatic rings. The third-order valence-electron chi connectivity index (χ3n) is 8.60. The molecule has 0 fully saturated rings. The third kappa shape index (κ3) is 5.83. The van der Waals surface area contributed by atoms with Crippen LogP contribution in [0.3, 0.4) is 0 Å². The largest absolute Gasteiger partial charge is 0.355 e. The standard InChI is InChI=1S/C43H36N2/c1-3-37(24-18-31(2)32-12-6-4-7-13-32)45(38-25-19-34(20-26-38)33-14-8-5-9-15-33)39-27-21-35(22-28-39)36-23-29-43-41(30-36)40-16-10-11-17-42(40)44-43/h4-30,44H,3H2,1-2H3/b31-18+,37-24+. The third-order valence-corrected chi connectivity index (χ3v) is 8.60. The highest BCUT2D eigenvalue weighted by Crippen LogP contribution is 2.36. The van der Waals surface area contributed by atoms with Gasteiger partial charge < -0.3 is 9.88 Å². The minimum Gasteiger partial charge on any atom is -0.355 e. The van der Waals surface area contributed by atoms with Crippen LogP contribution in [0.4, 0.5) is 11.4 Å². The maximum atomic E-state index is 3.54. The summed E-state index contributed by atoms with van der Waals surface area (Å²) in [6.45, 7) is 4.41. The number of nitrogens with one attached hydrogen (secondary N) is 1. The van der Waals surface area contributed by atoms with Crippen molar-refractivity contribution >= 4 is 38.8 Å². The quantitative estimate of drug-likeness (QED) is 0.177. The van der Waals surface area contributed by atoms with Gasteiger partial charge in [0.15, 0.2) is 0 Å². The lowest BCUT2D eigenvalue weighted by molar-refractivity contribution is 1.01. The van der Waals surface area contributed by atoms with E-state index in [1.54, 1.807) is 0 Å². The minimum atomic E-state index is 0.887. The number of nitrogens with zero attached hydrogens (tertiary/aromatic N) is 1. The van der Waals surface area contributed by atoms with Crippen molar-refractivity contribution in [2.75, 3.05) is 4.90 Å². The van der Waals surface area contributed by atoms with Crippen LogP contribution in [0.25, 0.3) is 49.6 Å². The fourth-order valence-electron chi connectivity index (χ4n) is 6.11. The molecule has 7 rings (SSSR count). The summed E-state index contributed by atoms with van der Waals surface area (Å²) in [5, 5.41) is 2.51. The molecule has 0 aliphatic carbocycles. The summed E-state index contributed by atoms with van der Waals surface area (Å²) in [5.41, 5.74) is 13.2. The van der Waals surface area contributed by atoms with Crippen LogP contribution in [-0.2, 0) is 0 Å². The highest BCUT2D eigenvalue weighted by molar-refractivity contribution is 6.08. The number of H-pyrrole nitrogens is 1. The normalized spacial score (nSPS) is 12.1. The summed E-state index contributed by atoms with van der Waals surface area (Å²) in [4.78, 5) is 5.93. The Morgan fingerprint density at radius 1 is 0.533 bits per heavy atom. The molecule has 0 spiro atoms. The Labute approximate surface area is 265 Å². The Balaban J connectivity index is 1.27. The monoisotopic (exact) mass is 580 g/mol. The first-order valence-electron chi connectivity index (χ1n) is 15.7. The number of hydrogen-bond acceptors (Lipinski definition) is 1. The Hall–Kier alpha value is -5.60. The SMILES string of the molecule is CC/C(=C\C=C(/C)c1ccccc1)N(c1ccc(-c2ccccc2)cc1)c1ccc(-c2ccc3[nH]c4ccccc4c3c2)cc1. The number of aromatic nitrogens is 1. The Morgan fingerprint density at radius 2 is 1.07 bits per heavy atom. The molecule has 1 N–H and O–H groups in total. The molecule has 0 atom stereocenters. The second-order valence-corrected chi connectivity index (χ2v) is 11.5. The Kier molecular flexibility index (Phi) is 7.87. The number of anilines is 2. The van der Waals surface area contributed by atoms with E-state index in [2.05, 4.69) is 188 Å². The molecule has 0 bridgehead atoms. The van der Waals surface area contributed by atoms with Gasteiger partial charge in [-0.25, -0.2) is 0 Å². The first-order chi connectivity index (χ1) is 22.2. The van der Waals surface area contributed by atoms with Crippen LogP contribution in [0, 0.1) is 0 Å². The van der Waals surface area contributed by atoms with Crippen molar-refractivity contribution in [2.24, 2.45) is 0 Å². The van der Waals surface area contributed by atoms with Crippen molar-refractivity contribution in [3.63, 3.8) is 0 Å². The maximum Gasteiger partial charge on any atom is 0.0465 e. The zero-order chi connectivity index (χ0) is 30.6. The number of fused-ring (bicyclic) bond motifs is 3. The first-order valence-corrected chi connectivity index (χ1v) is 15.7. The van der Waals surface area contributed by atoms with Gasteiger partial charge in [-0.2, -0.15) is 0 Å². The van der Waals surface area contributed by atoms with E-state index in [0.29, 0.717) is 0 Å². The van der Waals surface area contributed by atoms with Crippen LogP contribution >= 0.6 is 0 Å². The molecule has 1 heterocycles. The molecule has 2 heteroatoms. The average Bonchev–Trinajstić information content (AvgIpc) is 3.49. The van der Waals surface area contributed by atoms with E-state index in [4.69, 9.17) is 0 Å². The summed E-state index contributed by atoms with van der Waals surface area (Å²) in [5.74, 6) is 0. The van der Waals surface area contributed by atoms with Crippen molar-refractivity contribution < 1.29 is 0 Å². The van der Waals surface area contributed by atoms with Crippen LogP contribution < -0.4 is 4.90 Å². The van der Waals surface area contributed by atoms with E-state index in [1.807, 2.05) is 0 Å². The smallest absolute Gasteiger partial charge is 0.0465 e. The van der Waals surface area contributed by atoms with Gasteiger partial charge in [0, 0.05) is 38.9 Å². The van der Waals surface area contributed by atoms with E-state index in [0.717, 1.165) is 17.8 Å². The number of allylic oxidation sites excluding steroid dienone is 4. The lowest BCUT2D eigenvalue weighted by atomic mass is 10.0. The second kappa shape index (κ2) is 12.6. The predicted molar refractivity (Wildman–Crippen MR) is 194 cm³/mol. The minimum absolute atomic E-state index is 0.887. The molecule has 45 heavy (non-hydrogen) atoms. The Bertz CT molecular complexity index is 2120. The van der Waals surface area contributed by atoms with E-state index in [1.165, 1.54) is 60.9 Å². The molecule has 0 radical (unpaired) electrons. The van der Waals surface area contributed by atoms with E-state index >= 15 is 0 Å². The van der Waals surface area contributed by atoms with Crippen molar-refractivity contribution in [1.82, 2.24) is 4.98 Å². The van der Waals surface area contributed by atoms with Gasteiger partial charge in [0.05, 0.1) is 0 Å². The summed E-state index contributed by atoms with van der Waals surface area (Å²) in [6, 6.07) is 54.3. The molecule has 0 saturated heterocycles. The fourth-order valence-corrected chi connectivity index (χ4v) is 6.11. The summed E-state index contributed by atoms with van der Waals surface area (Å²) in [6.07, 6.45) is 5.40. The number of hydrogen-bond donors (Lipinski definition) is 1. The molecular weight excluding hydrogens is 544 g/mol. The zero-order valence-electron chi connectivity index (χ0n) is 25.7. The van der Waals surface area contributed by atoms with E-state index in [-0.39, 0.29) is 0 Å². The molecular formula is C43H36N2. The van der Waals surface area contributed by atoms with Crippen molar-refractivity contribution in [1.29, 1.82) is 0 Å². The van der Waals surface area contributed by atoms with Crippen LogP contribution in [-0.4, -0.2) is 4.98 Å². The topological polar surface area (TPSA) is 19.0 Å². The van der Waals surface area contributed by atoms with E-state index in [9.17, 15) is 0 Å². The average molecular weight is 581 g/mol. The van der Waals surface area contributed by atoms with Crippen molar-refractivity contribution in [3.05, 3.63) is 175 Å². The lowest BCUT2D eigenvalue weighted by Crippen LogP contribution is -2.16. The highest BCUT2D eigenvalue weighted by Gasteiger charge is 2.15. The van der Waals surface area contributed by atoms with Gasteiger partial charge in [0.25, 0.3) is 0 Å². The Morgan fingerprint density at radius 3 is 1.73 bits per heavy atom. The molecule has 0 saturated carbocycles. The van der Waals surface area contributed by atoms with Gasteiger partial charge in [0.2, 0.25) is 0 Å². The maximum absolute atomic E-state index is 3.54. The number of aromatic amines is 1. The summed E-state index contributed by atoms with van der Waals surface area (Å²) < 4.78 is 0. The first kappa shape index (κ1) is 28.2. The second-order valence-electron chi connectivity index (χ2n) is 11.5. The molecule has 2 nitrogen and oxygen atoms in total. The summed E-state index contributed by atoms with van der Waals surface area (Å²) in [7, 11) is 0. The van der Waals surface area contributed by atoms with E-state index < -0.39 is 0 Å². The van der Waals surface area contributed by atoms with Crippen LogP contribution in [0.1, 0.15) is 25.8 Å². The number of para-hydroxylation sites is 1. The summed E-state index contributed by atoms with van der Waals surface area (Å²) >= 11 is 0. The van der Waals surface area contributed by atoms with Crippen molar-refractivity contribution in [3.8, 4) is 22.3 Å². The molecule has 0 amide bonds. The van der Waals surface area contributed by atoms with Gasteiger partial charge in [0.1, 0.15) is 0 Å². The van der Waals surface area contributed by atoms with Crippen LogP contribution in [0.15, 0.2) is 170 Å². The fraction of sp³-hybridized carbons (Fsp3) is 0.0698. The predicted octanol–water partition coefficient (Wildman–Crippen LogP) is 12.2. The molecule has 0 aliphatic heterocycles. The van der Waals surface area contributed by atoms with Gasteiger partial charge in [-0.15, -0.1) is 0 Å². The van der Waals surface area contributed by atoms with Crippen molar-refractivity contribution in [2.45, 2.75) is 20.3 Å². The molecule has 218 valence electrons. The zero-order valence-corrected chi connectivity index (χ0v) is 25.7. The number of rotatable bonds is 8. The molecule has 6 aromatic carbocycles. The molecule has 0 unspecified atom stereocenters. The lowest BCUT2D eigenvalue weighted by Gasteiger charge is -2.28. The molecule has 7 aromatic rings. The van der Waals surface area contributed by atoms with Gasteiger partial charge in [-0.05, 0) is 95.3 Å². The van der Waals surface area contributed by atoms with Crippen LogP contribution in [0.5, 0.6) is 0 Å². The van der Waals surface area contributed by atoms with Crippen LogP contribution in [0.2, 0.25) is 0 Å². The molecule has 1 aromatic heterocycles.